The standard InChI is InChI=1S/C8H13NO/c1-7(10)8-4-3-5-9(2)6-8/h3-4,8H,5-6H2,1-2H3. The lowest BCUT2D eigenvalue weighted by Crippen LogP contribution is -2.31. The topological polar surface area (TPSA) is 20.3 Å². The first-order valence-corrected chi connectivity index (χ1v) is 3.56. The number of likely N-dealkylation sites (N-methyl/N-ethyl adjacent to an activating group) is 1. The molecule has 0 saturated heterocycles. The van der Waals surface area contributed by atoms with Gasteiger partial charge in [-0.15, -0.1) is 0 Å². The van der Waals surface area contributed by atoms with E-state index in [1.165, 1.54) is 0 Å². The van der Waals surface area contributed by atoms with Gasteiger partial charge in [-0.3, -0.25) is 4.79 Å². The Hall–Kier alpha value is -0.630. The first-order chi connectivity index (χ1) is 4.70. The highest BCUT2D eigenvalue weighted by Gasteiger charge is 2.15. The first kappa shape index (κ1) is 7.48. The molecule has 0 aliphatic carbocycles. The molecule has 0 aromatic rings. The second-order valence-corrected chi connectivity index (χ2v) is 2.87. The summed E-state index contributed by atoms with van der Waals surface area (Å²) >= 11 is 0. The molecule has 0 saturated carbocycles. The Bertz CT molecular complexity index is 163. The van der Waals surface area contributed by atoms with Gasteiger partial charge in [0.1, 0.15) is 5.78 Å². The molecule has 0 spiro atoms. The second-order valence-electron chi connectivity index (χ2n) is 2.87. The molecule has 2 nitrogen and oxygen atoms in total. The smallest absolute Gasteiger partial charge is 0.137 e. The number of nitrogens with zero attached hydrogens (tertiary/aromatic N) is 1. The summed E-state index contributed by atoms with van der Waals surface area (Å²) in [7, 11) is 2.03. The van der Waals surface area contributed by atoms with Crippen molar-refractivity contribution in [3.05, 3.63) is 12.2 Å². The Kier molecular flexibility index (Phi) is 2.22. The molecule has 1 heterocycles. The molecule has 1 aliphatic rings. The molecule has 56 valence electrons. The van der Waals surface area contributed by atoms with E-state index in [2.05, 4.69) is 11.0 Å². The van der Waals surface area contributed by atoms with E-state index in [0.29, 0.717) is 0 Å². The zero-order valence-corrected chi connectivity index (χ0v) is 6.50. The maximum Gasteiger partial charge on any atom is 0.137 e. The number of Topliss-reactive ketones (excluding diaryl/α,β-unsaturated/α-hetero) is 1. The summed E-state index contributed by atoms with van der Waals surface area (Å²) < 4.78 is 0. The van der Waals surface area contributed by atoms with Crippen LogP contribution in [0.3, 0.4) is 0 Å². The summed E-state index contributed by atoms with van der Waals surface area (Å²) in [6, 6.07) is 0. The molecule has 0 amide bonds. The van der Waals surface area contributed by atoms with Crippen LogP contribution in [0.2, 0.25) is 0 Å². The number of hydrogen-bond acceptors (Lipinski definition) is 2. The number of carbonyl (C=O) groups is 1. The summed E-state index contributed by atoms with van der Waals surface area (Å²) in [6.07, 6.45) is 4.05. The normalized spacial score (nSPS) is 26.8. The average molecular weight is 139 g/mol. The van der Waals surface area contributed by atoms with Crippen molar-refractivity contribution < 1.29 is 4.79 Å². The van der Waals surface area contributed by atoms with E-state index < -0.39 is 0 Å². The van der Waals surface area contributed by atoms with Gasteiger partial charge in [-0.1, -0.05) is 12.2 Å². The van der Waals surface area contributed by atoms with Gasteiger partial charge in [-0.25, -0.2) is 0 Å². The van der Waals surface area contributed by atoms with Gasteiger partial charge < -0.3 is 4.90 Å². The van der Waals surface area contributed by atoms with Crippen molar-refractivity contribution in [2.75, 3.05) is 20.1 Å². The minimum atomic E-state index is 0.138. The third kappa shape index (κ3) is 1.67. The maximum atomic E-state index is 10.9. The fraction of sp³-hybridized carbons (Fsp3) is 0.625. The van der Waals surface area contributed by atoms with Crippen LogP contribution in [0.4, 0.5) is 0 Å². The highest BCUT2D eigenvalue weighted by Crippen LogP contribution is 2.07. The SMILES string of the molecule is CC(=O)C1C=CCN(C)C1. The lowest BCUT2D eigenvalue weighted by molar-refractivity contribution is -0.119. The van der Waals surface area contributed by atoms with Crippen LogP contribution in [-0.4, -0.2) is 30.8 Å². The second kappa shape index (κ2) is 2.97. The van der Waals surface area contributed by atoms with E-state index in [1.54, 1.807) is 6.92 Å². The number of hydrogen-bond donors (Lipinski definition) is 0. The van der Waals surface area contributed by atoms with Crippen molar-refractivity contribution in [1.82, 2.24) is 4.90 Å². The minimum Gasteiger partial charge on any atom is -0.302 e. The Morgan fingerprint density at radius 3 is 2.80 bits per heavy atom. The Balaban J connectivity index is 2.55. The third-order valence-corrected chi connectivity index (χ3v) is 1.82. The van der Waals surface area contributed by atoms with Gasteiger partial charge in [-0.2, -0.15) is 0 Å². The van der Waals surface area contributed by atoms with Gasteiger partial charge in [0, 0.05) is 19.0 Å². The summed E-state index contributed by atoms with van der Waals surface area (Å²) in [5, 5.41) is 0. The van der Waals surface area contributed by atoms with Crippen molar-refractivity contribution in [2.24, 2.45) is 5.92 Å². The highest BCUT2D eigenvalue weighted by atomic mass is 16.1. The van der Waals surface area contributed by atoms with Crippen LogP contribution in [0, 0.1) is 5.92 Å². The minimum absolute atomic E-state index is 0.138. The molecule has 10 heavy (non-hydrogen) atoms. The third-order valence-electron chi connectivity index (χ3n) is 1.82. The average Bonchev–Trinajstić information content (AvgIpc) is 1.88. The number of ketones is 1. The van der Waals surface area contributed by atoms with E-state index >= 15 is 0 Å². The molecule has 0 N–H and O–H groups in total. The van der Waals surface area contributed by atoms with Crippen LogP contribution >= 0.6 is 0 Å². The molecule has 1 unspecified atom stereocenters. The molecule has 1 rings (SSSR count). The van der Waals surface area contributed by atoms with Gasteiger partial charge >= 0.3 is 0 Å². The van der Waals surface area contributed by atoms with Crippen molar-refractivity contribution >= 4 is 5.78 Å². The zero-order chi connectivity index (χ0) is 7.56. The summed E-state index contributed by atoms with van der Waals surface area (Å²) in [6.45, 7) is 3.50. The zero-order valence-electron chi connectivity index (χ0n) is 6.50. The highest BCUT2D eigenvalue weighted by molar-refractivity contribution is 5.80. The van der Waals surface area contributed by atoms with Gasteiger partial charge in [-0.05, 0) is 14.0 Å². The molecule has 0 radical (unpaired) electrons. The largest absolute Gasteiger partial charge is 0.302 e. The summed E-state index contributed by atoms with van der Waals surface area (Å²) in [5.74, 6) is 0.404. The van der Waals surface area contributed by atoms with Gasteiger partial charge in [0.15, 0.2) is 0 Å². The fourth-order valence-corrected chi connectivity index (χ4v) is 1.14. The molecular weight excluding hydrogens is 126 g/mol. The van der Waals surface area contributed by atoms with E-state index in [-0.39, 0.29) is 11.7 Å². The molecule has 0 fully saturated rings. The molecule has 2 heteroatoms. The molecule has 0 aromatic heterocycles. The molecule has 0 bridgehead atoms. The Morgan fingerprint density at radius 2 is 2.40 bits per heavy atom. The first-order valence-electron chi connectivity index (χ1n) is 3.56. The van der Waals surface area contributed by atoms with E-state index in [0.717, 1.165) is 13.1 Å². The molecular formula is C8H13NO. The quantitative estimate of drug-likeness (QED) is 0.498. The van der Waals surface area contributed by atoms with E-state index in [9.17, 15) is 4.79 Å². The van der Waals surface area contributed by atoms with Crippen LogP contribution in [0.5, 0.6) is 0 Å². The Morgan fingerprint density at radius 1 is 1.70 bits per heavy atom. The van der Waals surface area contributed by atoms with E-state index in [4.69, 9.17) is 0 Å². The fourth-order valence-electron chi connectivity index (χ4n) is 1.14. The predicted molar refractivity (Wildman–Crippen MR) is 40.8 cm³/mol. The summed E-state index contributed by atoms with van der Waals surface area (Å²) in [4.78, 5) is 13.0. The van der Waals surface area contributed by atoms with Crippen molar-refractivity contribution in [3.63, 3.8) is 0 Å². The monoisotopic (exact) mass is 139 g/mol. The van der Waals surface area contributed by atoms with Crippen molar-refractivity contribution in [3.8, 4) is 0 Å². The van der Waals surface area contributed by atoms with Crippen LogP contribution < -0.4 is 0 Å². The van der Waals surface area contributed by atoms with Crippen LogP contribution in [-0.2, 0) is 4.79 Å². The van der Waals surface area contributed by atoms with Crippen molar-refractivity contribution in [1.29, 1.82) is 0 Å². The number of carbonyl (C=O) groups excluding carboxylic acids is 1. The molecule has 0 aromatic carbocycles. The van der Waals surface area contributed by atoms with Gasteiger partial charge in [0.05, 0.1) is 0 Å². The van der Waals surface area contributed by atoms with Crippen LogP contribution in [0.15, 0.2) is 12.2 Å². The van der Waals surface area contributed by atoms with Crippen LogP contribution in [0.1, 0.15) is 6.92 Å². The van der Waals surface area contributed by atoms with Crippen molar-refractivity contribution in [2.45, 2.75) is 6.92 Å². The summed E-state index contributed by atoms with van der Waals surface area (Å²) in [5.41, 5.74) is 0. The van der Waals surface area contributed by atoms with Gasteiger partial charge in [0.25, 0.3) is 0 Å². The predicted octanol–water partition coefficient (Wildman–Crippen LogP) is 0.693. The lowest BCUT2D eigenvalue weighted by atomic mass is 10.0. The van der Waals surface area contributed by atoms with Crippen LogP contribution in [0.25, 0.3) is 0 Å². The Labute approximate surface area is 61.5 Å². The lowest BCUT2D eigenvalue weighted by Gasteiger charge is -2.22. The molecule has 1 atom stereocenters. The van der Waals surface area contributed by atoms with Gasteiger partial charge in [0.2, 0.25) is 0 Å². The van der Waals surface area contributed by atoms with E-state index in [1.807, 2.05) is 13.1 Å². The molecule has 1 aliphatic heterocycles. The number of rotatable bonds is 1. The maximum absolute atomic E-state index is 10.9.